The molecule has 1 unspecified atom stereocenters. The summed E-state index contributed by atoms with van der Waals surface area (Å²) in [6.45, 7) is 4.90. The Labute approximate surface area is 135 Å². The number of carbonyl (C=O) groups excluding carboxylic acids is 1. The number of hydrogen-bond donors (Lipinski definition) is 0. The van der Waals surface area contributed by atoms with Crippen molar-refractivity contribution in [2.45, 2.75) is 26.3 Å². The number of hydrogen-bond acceptors (Lipinski definition) is 5. The van der Waals surface area contributed by atoms with Gasteiger partial charge in [-0.05, 0) is 19.4 Å². The van der Waals surface area contributed by atoms with E-state index in [1.54, 1.807) is 11.0 Å². The van der Waals surface area contributed by atoms with Crippen molar-refractivity contribution >= 4 is 5.78 Å². The van der Waals surface area contributed by atoms with Crippen LogP contribution in [-0.4, -0.2) is 40.6 Å². The number of carbonyl (C=O) groups is 1. The van der Waals surface area contributed by atoms with Crippen molar-refractivity contribution in [1.29, 1.82) is 0 Å². The molecule has 0 aliphatic carbocycles. The van der Waals surface area contributed by atoms with Crippen LogP contribution in [0.5, 0.6) is 0 Å². The van der Waals surface area contributed by atoms with E-state index in [1.165, 1.54) is 11.9 Å². The third-order valence-electron chi connectivity index (χ3n) is 4.21. The maximum atomic E-state index is 13.1. The standard InChI is InChI=1S/C17H21N3O3/c1-13-3-5-14(6-4-13)7-15(20-11-18-10-19-20)16(21)17(2)8-22-12-23-9-17/h3-6,10-11,15H,7-9,12H2,1-2H3. The molecule has 1 atom stereocenters. The van der Waals surface area contributed by atoms with Crippen molar-refractivity contribution < 1.29 is 14.3 Å². The van der Waals surface area contributed by atoms with Crippen LogP contribution in [0.15, 0.2) is 36.9 Å². The normalized spacial score (nSPS) is 18.5. The fourth-order valence-corrected chi connectivity index (χ4v) is 2.81. The number of Topliss-reactive ketones (excluding diaryl/α,β-unsaturated/α-hetero) is 1. The molecule has 122 valence electrons. The zero-order valence-electron chi connectivity index (χ0n) is 13.4. The van der Waals surface area contributed by atoms with Crippen molar-refractivity contribution in [1.82, 2.24) is 14.8 Å². The van der Waals surface area contributed by atoms with E-state index < -0.39 is 11.5 Å². The summed E-state index contributed by atoms with van der Waals surface area (Å²) in [4.78, 5) is 17.1. The van der Waals surface area contributed by atoms with Gasteiger partial charge in [0.25, 0.3) is 0 Å². The van der Waals surface area contributed by atoms with Gasteiger partial charge in [-0.25, -0.2) is 9.67 Å². The summed E-state index contributed by atoms with van der Waals surface area (Å²) in [5, 5.41) is 4.18. The van der Waals surface area contributed by atoms with Crippen LogP contribution >= 0.6 is 0 Å². The molecule has 0 bridgehead atoms. The maximum absolute atomic E-state index is 13.1. The number of nitrogens with zero attached hydrogens (tertiary/aromatic N) is 3. The molecular formula is C17H21N3O3. The van der Waals surface area contributed by atoms with Crippen LogP contribution in [0.2, 0.25) is 0 Å². The first-order chi connectivity index (χ1) is 11.1. The summed E-state index contributed by atoms with van der Waals surface area (Å²) >= 11 is 0. The molecule has 6 nitrogen and oxygen atoms in total. The van der Waals surface area contributed by atoms with Crippen LogP contribution in [0.3, 0.4) is 0 Å². The number of ether oxygens (including phenoxy) is 2. The van der Waals surface area contributed by atoms with E-state index in [4.69, 9.17) is 9.47 Å². The Morgan fingerprint density at radius 2 is 2.00 bits per heavy atom. The molecule has 1 saturated heterocycles. The van der Waals surface area contributed by atoms with Crippen LogP contribution in [0.1, 0.15) is 24.1 Å². The van der Waals surface area contributed by atoms with Crippen LogP contribution in [-0.2, 0) is 20.7 Å². The minimum absolute atomic E-state index is 0.0586. The average Bonchev–Trinajstić information content (AvgIpc) is 3.08. The highest BCUT2D eigenvalue weighted by Gasteiger charge is 2.41. The van der Waals surface area contributed by atoms with E-state index in [0.29, 0.717) is 19.6 Å². The van der Waals surface area contributed by atoms with Gasteiger partial charge < -0.3 is 9.47 Å². The minimum atomic E-state index is -0.667. The van der Waals surface area contributed by atoms with E-state index in [-0.39, 0.29) is 12.6 Å². The Hall–Kier alpha value is -2.05. The summed E-state index contributed by atoms with van der Waals surface area (Å²) in [5.74, 6) is 0.0586. The number of rotatable bonds is 5. The molecule has 0 radical (unpaired) electrons. The second-order valence-electron chi connectivity index (χ2n) is 6.32. The monoisotopic (exact) mass is 315 g/mol. The Kier molecular flexibility index (Phi) is 4.54. The van der Waals surface area contributed by atoms with E-state index in [1.807, 2.05) is 38.1 Å². The highest BCUT2D eigenvalue weighted by molar-refractivity contribution is 5.88. The zero-order chi connectivity index (χ0) is 16.3. The first kappa shape index (κ1) is 15.8. The van der Waals surface area contributed by atoms with E-state index >= 15 is 0 Å². The summed E-state index contributed by atoms with van der Waals surface area (Å²) in [5.41, 5.74) is 1.61. The zero-order valence-corrected chi connectivity index (χ0v) is 13.4. The van der Waals surface area contributed by atoms with Crippen LogP contribution in [0, 0.1) is 12.3 Å². The van der Waals surface area contributed by atoms with E-state index in [2.05, 4.69) is 10.1 Å². The molecular weight excluding hydrogens is 294 g/mol. The summed E-state index contributed by atoms with van der Waals surface area (Å²) in [6.07, 6.45) is 3.61. The van der Waals surface area contributed by atoms with E-state index in [9.17, 15) is 4.79 Å². The lowest BCUT2D eigenvalue weighted by Crippen LogP contribution is -2.45. The first-order valence-electron chi connectivity index (χ1n) is 7.68. The smallest absolute Gasteiger partial charge is 0.168 e. The van der Waals surface area contributed by atoms with Gasteiger partial charge in [-0.15, -0.1) is 0 Å². The third-order valence-corrected chi connectivity index (χ3v) is 4.21. The van der Waals surface area contributed by atoms with Gasteiger partial charge >= 0.3 is 0 Å². The SMILES string of the molecule is Cc1ccc(CC(C(=O)C2(C)COCOC2)n2cncn2)cc1. The molecule has 1 aromatic carbocycles. The van der Waals surface area contributed by atoms with Crippen molar-refractivity contribution in [3.63, 3.8) is 0 Å². The van der Waals surface area contributed by atoms with Gasteiger partial charge in [0.2, 0.25) is 0 Å². The Balaban J connectivity index is 1.86. The lowest BCUT2D eigenvalue weighted by Gasteiger charge is -2.34. The molecule has 1 aliphatic heterocycles. The van der Waals surface area contributed by atoms with Crippen molar-refractivity contribution in [2.75, 3.05) is 20.0 Å². The summed E-state index contributed by atoms with van der Waals surface area (Å²) in [6, 6.07) is 7.76. The summed E-state index contributed by atoms with van der Waals surface area (Å²) in [7, 11) is 0. The number of benzene rings is 1. The highest BCUT2D eigenvalue weighted by Crippen LogP contribution is 2.30. The highest BCUT2D eigenvalue weighted by atomic mass is 16.7. The van der Waals surface area contributed by atoms with Crippen molar-refractivity contribution in [3.8, 4) is 0 Å². The molecule has 0 spiro atoms. The van der Waals surface area contributed by atoms with Crippen molar-refractivity contribution in [3.05, 3.63) is 48.0 Å². The topological polar surface area (TPSA) is 66.2 Å². The molecule has 1 aromatic heterocycles. The second-order valence-corrected chi connectivity index (χ2v) is 6.32. The molecule has 6 heteroatoms. The van der Waals surface area contributed by atoms with Crippen LogP contribution in [0.25, 0.3) is 0 Å². The van der Waals surface area contributed by atoms with Gasteiger partial charge in [-0.3, -0.25) is 4.79 Å². The molecule has 3 rings (SSSR count). The quantitative estimate of drug-likeness (QED) is 0.844. The predicted octanol–water partition coefficient (Wildman–Crippen LogP) is 1.95. The minimum Gasteiger partial charge on any atom is -0.354 e. The van der Waals surface area contributed by atoms with Gasteiger partial charge in [0.1, 0.15) is 25.5 Å². The Morgan fingerprint density at radius 1 is 1.30 bits per heavy atom. The van der Waals surface area contributed by atoms with Gasteiger partial charge in [0.15, 0.2) is 5.78 Å². The maximum Gasteiger partial charge on any atom is 0.168 e. The van der Waals surface area contributed by atoms with Gasteiger partial charge in [0.05, 0.1) is 18.6 Å². The lowest BCUT2D eigenvalue weighted by atomic mass is 9.81. The molecule has 1 fully saturated rings. The first-order valence-corrected chi connectivity index (χ1v) is 7.68. The number of ketones is 1. The molecule has 23 heavy (non-hydrogen) atoms. The molecule has 0 amide bonds. The van der Waals surface area contributed by atoms with Gasteiger partial charge in [-0.2, -0.15) is 5.10 Å². The fraction of sp³-hybridized carbons (Fsp3) is 0.471. The molecule has 2 aromatic rings. The Morgan fingerprint density at radius 3 is 2.61 bits per heavy atom. The third kappa shape index (κ3) is 3.48. The largest absolute Gasteiger partial charge is 0.354 e. The molecule has 0 saturated carbocycles. The van der Waals surface area contributed by atoms with Crippen LogP contribution in [0.4, 0.5) is 0 Å². The lowest BCUT2D eigenvalue weighted by molar-refractivity contribution is -0.174. The van der Waals surface area contributed by atoms with Crippen molar-refractivity contribution in [2.24, 2.45) is 5.41 Å². The average molecular weight is 315 g/mol. The predicted molar refractivity (Wildman–Crippen MR) is 83.8 cm³/mol. The Bertz CT molecular complexity index is 646. The number of aromatic nitrogens is 3. The fourth-order valence-electron chi connectivity index (χ4n) is 2.81. The molecule has 0 N–H and O–H groups in total. The van der Waals surface area contributed by atoms with Crippen LogP contribution < -0.4 is 0 Å². The van der Waals surface area contributed by atoms with E-state index in [0.717, 1.165) is 5.56 Å². The number of aryl methyl sites for hydroxylation is 1. The van der Waals surface area contributed by atoms with Gasteiger partial charge in [0, 0.05) is 6.42 Å². The van der Waals surface area contributed by atoms with Gasteiger partial charge in [-0.1, -0.05) is 29.8 Å². The second kappa shape index (κ2) is 6.60. The molecule has 2 heterocycles. The molecule has 1 aliphatic rings. The summed E-state index contributed by atoms with van der Waals surface area (Å²) < 4.78 is 12.3.